The van der Waals surface area contributed by atoms with E-state index in [4.69, 9.17) is 19.4 Å². The van der Waals surface area contributed by atoms with Gasteiger partial charge in [0.25, 0.3) is 6.47 Å². The average molecular weight is 460 g/mol. The van der Waals surface area contributed by atoms with Crippen molar-refractivity contribution in [1.82, 2.24) is 25.0 Å². The number of rotatable bonds is 8. The number of ether oxygens (including phenoxy) is 2. The Hall–Kier alpha value is -3.31. The highest BCUT2D eigenvalue weighted by molar-refractivity contribution is 5.84. The van der Waals surface area contributed by atoms with Crippen molar-refractivity contribution in [3.8, 4) is 5.69 Å². The fourth-order valence-corrected chi connectivity index (χ4v) is 4.45. The molecule has 4 rings (SSSR count). The van der Waals surface area contributed by atoms with Gasteiger partial charge in [-0.15, -0.1) is 0 Å². The predicted octanol–water partition coefficient (Wildman–Crippen LogP) is 0.486. The summed E-state index contributed by atoms with van der Waals surface area (Å²) in [6.45, 7) is 3.42. The zero-order chi connectivity index (χ0) is 23.7. The number of aromatic nitrogens is 3. The van der Waals surface area contributed by atoms with E-state index in [1.54, 1.807) is 11.0 Å². The van der Waals surface area contributed by atoms with Gasteiger partial charge in [-0.1, -0.05) is 18.2 Å². The van der Waals surface area contributed by atoms with Crippen molar-refractivity contribution in [3.63, 3.8) is 0 Å². The quantitative estimate of drug-likeness (QED) is 0.427. The normalized spacial score (nSPS) is 21.5. The third-order valence-electron chi connectivity index (χ3n) is 6.08. The van der Waals surface area contributed by atoms with Crippen LogP contribution >= 0.6 is 0 Å². The van der Waals surface area contributed by atoms with Crippen LogP contribution in [-0.2, 0) is 30.4 Å². The van der Waals surface area contributed by atoms with Crippen molar-refractivity contribution < 1.29 is 29.0 Å². The molecule has 1 amide bonds. The third-order valence-corrected chi connectivity index (χ3v) is 6.08. The summed E-state index contributed by atoms with van der Waals surface area (Å²) in [4.78, 5) is 39.2. The van der Waals surface area contributed by atoms with Crippen molar-refractivity contribution in [2.45, 2.75) is 19.4 Å². The summed E-state index contributed by atoms with van der Waals surface area (Å²) in [5.41, 5.74) is 1.33. The number of carbonyl (C=O) groups is 3. The number of para-hydroxylation sites is 1. The Balaban J connectivity index is 0.000000968. The van der Waals surface area contributed by atoms with Gasteiger partial charge in [-0.25, -0.2) is 9.67 Å². The van der Waals surface area contributed by atoms with Gasteiger partial charge in [0.15, 0.2) is 0 Å². The number of amides is 1. The van der Waals surface area contributed by atoms with Gasteiger partial charge in [0, 0.05) is 32.0 Å². The molecule has 0 unspecified atom stereocenters. The largest absolute Gasteiger partial charge is 0.483 e. The predicted molar refractivity (Wildman–Crippen MR) is 116 cm³/mol. The van der Waals surface area contributed by atoms with E-state index < -0.39 is 5.41 Å². The summed E-state index contributed by atoms with van der Waals surface area (Å²) in [5, 5.41) is 14.2. The van der Waals surface area contributed by atoms with E-state index in [2.05, 4.69) is 20.3 Å². The molecule has 3 heterocycles. The number of likely N-dealkylation sites (tertiary alicyclic amines) is 1. The van der Waals surface area contributed by atoms with E-state index >= 15 is 0 Å². The lowest BCUT2D eigenvalue weighted by Gasteiger charge is -2.26. The summed E-state index contributed by atoms with van der Waals surface area (Å²) in [5.74, 6) is -0.00808. The third kappa shape index (κ3) is 5.74. The van der Waals surface area contributed by atoms with Crippen LogP contribution in [0.2, 0.25) is 0 Å². The Bertz CT molecular complexity index is 937. The first kappa shape index (κ1) is 24.3. The number of nitrogens with zero attached hydrogens (tertiary/aromatic N) is 4. The molecule has 2 N–H and O–H groups in total. The number of esters is 1. The standard InChI is InChI=1S/C21H27N5O4.CH2O2/c1-29-19(27)7-4-8-25-10-17-11-30-13-21(17,12-25)20(28)23-9-16-5-2-3-6-18(16)26-15-22-14-24-26;2-1-3/h2-3,5-6,14-15,17H,4,7-13H2,1H3,(H,23,28);1H,(H,2,3)/t17-,21-;/m0./s1. The molecule has 178 valence electrons. The molecular weight excluding hydrogens is 430 g/mol. The van der Waals surface area contributed by atoms with Crippen molar-refractivity contribution in [1.29, 1.82) is 0 Å². The zero-order valence-corrected chi connectivity index (χ0v) is 18.6. The summed E-state index contributed by atoms with van der Waals surface area (Å²) < 4.78 is 12.1. The van der Waals surface area contributed by atoms with Crippen LogP contribution in [0, 0.1) is 11.3 Å². The highest BCUT2D eigenvalue weighted by Crippen LogP contribution is 2.41. The molecule has 2 aliphatic heterocycles. The van der Waals surface area contributed by atoms with E-state index in [1.165, 1.54) is 13.4 Å². The highest BCUT2D eigenvalue weighted by Gasteiger charge is 2.55. The molecule has 2 saturated heterocycles. The molecule has 2 aliphatic rings. The second kappa shape index (κ2) is 11.5. The van der Waals surface area contributed by atoms with Crippen LogP contribution in [-0.4, -0.2) is 83.1 Å². The minimum atomic E-state index is -0.534. The highest BCUT2D eigenvalue weighted by atomic mass is 16.5. The van der Waals surface area contributed by atoms with E-state index in [0.717, 1.165) is 30.8 Å². The van der Waals surface area contributed by atoms with Crippen LogP contribution in [0.15, 0.2) is 36.9 Å². The Morgan fingerprint density at radius 3 is 2.91 bits per heavy atom. The second-order valence-electron chi connectivity index (χ2n) is 8.04. The first-order valence-electron chi connectivity index (χ1n) is 10.7. The maximum Gasteiger partial charge on any atom is 0.305 e. The first-order chi connectivity index (χ1) is 16.0. The number of hydrogen-bond acceptors (Lipinski definition) is 8. The Labute approximate surface area is 191 Å². The molecule has 2 atom stereocenters. The van der Waals surface area contributed by atoms with Crippen LogP contribution in [0.1, 0.15) is 18.4 Å². The number of benzene rings is 1. The lowest BCUT2D eigenvalue weighted by molar-refractivity contribution is -0.141. The molecule has 0 radical (unpaired) electrons. The van der Waals surface area contributed by atoms with Crippen molar-refractivity contribution >= 4 is 18.3 Å². The molecule has 2 aromatic rings. The molecule has 0 bridgehead atoms. The van der Waals surface area contributed by atoms with Crippen LogP contribution in [0.4, 0.5) is 0 Å². The smallest absolute Gasteiger partial charge is 0.305 e. The summed E-state index contributed by atoms with van der Waals surface area (Å²) in [6, 6.07) is 7.81. The van der Waals surface area contributed by atoms with E-state index in [0.29, 0.717) is 32.7 Å². The number of carboxylic acid groups (broad SMARTS) is 1. The monoisotopic (exact) mass is 459 g/mol. The van der Waals surface area contributed by atoms with Gasteiger partial charge in [-0.3, -0.25) is 14.4 Å². The van der Waals surface area contributed by atoms with Crippen LogP contribution in [0.25, 0.3) is 5.69 Å². The van der Waals surface area contributed by atoms with Crippen LogP contribution in [0.5, 0.6) is 0 Å². The van der Waals surface area contributed by atoms with Gasteiger partial charge in [-0.2, -0.15) is 5.10 Å². The average Bonchev–Trinajstić information content (AvgIpc) is 3.55. The molecule has 0 aliphatic carbocycles. The topological polar surface area (TPSA) is 136 Å². The minimum Gasteiger partial charge on any atom is -0.483 e. The number of hydrogen-bond donors (Lipinski definition) is 2. The molecule has 1 aromatic carbocycles. The molecule has 0 spiro atoms. The molecule has 33 heavy (non-hydrogen) atoms. The SMILES string of the molecule is COC(=O)CCCN1C[C@H]2COC[C@@]2(C(=O)NCc2ccccc2-n2cncn2)C1.O=CO. The lowest BCUT2D eigenvalue weighted by atomic mass is 9.80. The molecule has 1 aromatic heterocycles. The second-order valence-corrected chi connectivity index (χ2v) is 8.04. The maximum absolute atomic E-state index is 13.3. The molecule has 11 heteroatoms. The summed E-state index contributed by atoms with van der Waals surface area (Å²) in [7, 11) is 1.40. The van der Waals surface area contributed by atoms with Gasteiger partial charge in [0.1, 0.15) is 12.7 Å². The Kier molecular flexibility index (Phi) is 8.50. The molecule has 11 nitrogen and oxygen atoms in total. The zero-order valence-electron chi connectivity index (χ0n) is 18.6. The van der Waals surface area contributed by atoms with Gasteiger partial charge < -0.3 is 24.8 Å². The Morgan fingerprint density at radius 2 is 2.18 bits per heavy atom. The fourth-order valence-electron chi connectivity index (χ4n) is 4.45. The number of fused-ring (bicyclic) bond motifs is 1. The number of methoxy groups -OCH3 is 1. The van der Waals surface area contributed by atoms with Crippen molar-refractivity contribution in [2.75, 3.05) is 40.0 Å². The van der Waals surface area contributed by atoms with Crippen LogP contribution < -0.4 is 5.32 Å². The first-order valence-corrected chi connectivity index (χ1v) is 10.7. The number of carbonyl (C=O) groups excluding carboxylic acids is 2. The maximum atomic E-state index is 13.3. The van der Waals surface area contributed by atoms with E-state index in [9.17, 15) is 9.59 Å². The fraction of sp³-hybridized carbons (Fsp3) is 0.500. The minimum absolute atomic E-state index is 0.0221. The molecular formula is C22H29N5O6. The Morgan fingerprint density at radius 1 is 1.39 bits per heavy atom. The van der Waals surface area contributed by atoms with Crippen molar-refractivity contribution in [2.24, 2.45) is 11.3 Å². The van der Waals surface area contributed by atoms with Crippen LogP contribution in [0.3, 0.4) is 0 Å². The van der Waals surface area contributed by atoms with Crippen molar-refractivity contribution in [3.05, 3.63) is 42.5 Å². The number of nitrogens with one attached hydrogen (secondary N) is 1. The van der Waals surface area contributed by atoms with Gasteiger partial charge >= 0.3 is 5.97 Å². The van der Waals surface area contributed by atoms with E-state index in [-0.39, 0.29) is 24.3 Å². The molecule has 0 saturated carbocycles. The molecule has 2 fully saturated rings. The summed E-state index contributed by atoms with van der Waals surface area (Å²) in [6.07, 6.45) is 4.25. The lowest BCUT2D eigenvalue weighted by Crippen LogP contribution is -2.46. The van der Waals surface area contributed by atoms with Gasteiger partial charge in [-0.05, 0) is 24.6 Å². The van der Waals surface area contributed by atoms with E-state index in [1.807, 2.05) is 24.3 Å². The summed E-state index contributed by atoms with van der Waals surface area (Å²) >= 11 is 0. The van der Waals surface area contributed by atoms with Gasteiger partial charge in [0.05, 0.1) is 31.4 Å². The van der Waals surface area contributed by atoms with Gasteiger partial charge in [0.2, 0.25) is 5.91 Å².